The number of nitrogens with one attached hydrogen (secondary N) is 1. The van der Waals surface area contributed by atoms with Crippen molar-refractivity contribution in [2.45, 2.75) is 18.9 Å². The molecule has 0 aliphatic carbocycles. The number of aryl methyl sites for hydroxylation is 1. The Bertz CT molecular complexity index is 524. The Morgan fingerprint density at radius 3 is 3.06 bits per heavy atom. The SMILES string of the molecule is Cn1cc(Cl)c2cc(C3CCCN3)ccc21. The average Bonchev–Trinajstić information content (AvgIpc) is 2.88. The molecule has 3 rings (SSSR count). The van der Waals surface area contributed by atoms with Gasteiger partial charge in [-0.25, -0.2) is 0 Å². The van der Waals surface area contributed by atoms with Gasteiger partial charge in [-0.15, -0.1) is 0 Å². The second-order valence-electron chi connectivity index (χ2n) is 4.51. The van der Waals surface area contributed by atoms with Crippen molar-refractivity contribution in [1.82, 2.24) is 9.88 Å². The largest absolute Gasteiger partial charge is 0.349 e. The van der Waals surface area contributed by atoms with E-state index in [1.807, 2.05) is 13.2 Å². The molecule has 0 saturated carbocycles. The first-order chi connectivity index (χ1) is 7.75. The lowest BCUT2D eigenvalue weighted by molar-refractivity contribution is 0.648. The van der Waals surface area contributed by atoms with Crippen LogP contribution in [0.5, 0.6) is 0 Å². The number of benzene rings is 1. The van der Waals surface area contributed by atoms with E-state index in [4.69, 9.17) is 11.6 Å². The van der Waals surface area contributed by atoms with Gasteiger partial charge in [0, 0.05) is 30.2 Å². The van der Waals surface area contributed by atoms with E-state index in [2.05, 4.69) is 28.1 Å². The number of rotatable bonds is 1. The summed E-state index contributed by atoms with van der Waals surface area (Å²) in [6.07, 6.45) is 4.47. The minimum atomic E-state index is 0.515. The summed E-state index contributed by atoms with van der Waals surface area (Å²) < 4.78 is 2.07. The summed E-state index contributed by atoms with van der Waals surface area (Å²) in [5.41, 5.74) is 2.56. The van der Waals surface area contributed by atoms with E-state index < -0.39 is 0 Å². The molecule has 1 atom stereocenters. The van der Waals surface area contributed by atoms with Crippen molar-refractivity contribution in [2.75, 3.05) is 6.54 Å². The fraction of sp³-hybridized carbons (Fsp3) is 0.385. The number of fused-ring (bicyclic) bond motifs is 1. The normalized spacial score (nSPS) is 20.8. The summed E-state index contributed by atoms with van der Waals surface area (Å²) in [6.45, 7) is 1.13. The zero-order chi connectivity index (χ0) is 11.1. The van der Waals surface area contributed by atoms with Crippen molar-refractivity contribution in [3.63, 3.8) is 0 Å². The lowest BCUT2D eigenvalue weighted by atomic mass is 10.0. The van der Waals surface area contributed by atoms with Crippen molar-refractivity contribution >= 4 is 22.5 Å². The molecule has 3 heteroatoms. The highest BCUT2D eigenvalue weighted by Crippen LogP contribution is 2.30. The molecule has 1 fully saturated rings. The quantitative estimate of drug-likeness (QED) is 0.802. The molecule has 0 spiro atoms. The standard InChI is InChI=1S/C13H15ClN2/c1-16-8-11(14)10-7-9(4-5-13(10)16)12-3-2-6-15-12/h4-5,7-8,12,15H,2-3,6H2,1H3. The third-order valence-corrected chi connectivity index (χ3v) is 3.73. The van der Waals surface area contributed by atoms with Crippen LogP contribution in [0.4, 0.5) is 0 Å². The summed E-state index contributed by atoms with van der Waals surface area (Å²) >= 11 is 6.22. The number of halogens is 1. The van der Waals surface area contributed by atoms with Crippen LogP contribution in [-0.2, 0) is 7.05 Å². The van der Waals surface area contributed by atoms with Gasteiger partial charge in [0.2, 0.25) is 0 Å². The average molecular weight is 235 g/mol. The Kier molecular flexibility index (Phi) is 2.41. The maximum Gasteiger partial charge on any atom is 0.0661 e. The molecule has 0 radical (unpaired) electrons. The summed E-state index contributed by atoms with van der Waals surface area (Å²) in [7, 11) is 2.03. The number of hydrogen-bond donors (Lipinski definition) is 1. The van der Waals surface area contributed by atoms with Gasteiger partial charge in [-0.1, -0.05) is 17.7 Å². The van der Waals surface area contributed by atoms with Crippen LogP contribution in [0.3, 0.4) is 0 Å². The van der Waals surface area contributed by atoms with Crippen LogP contribution >= 0.6 is 11.6 Å². The first-order valence-electron chi connectivity index (χ1n) is 5.73. The fourth-order valence-corrected chi connectivity index (χ4v) is 2.85. The zero-order valence-electron chi connectivity index (χ0n) is 9.33. The van der Waals surface area contributed by atoms with Gasteiger partial charge in [-0.3, -0.25) is 0 Å². The van der Waals surface area contributed by atoms with Gasteiger partial charge < -0.3 is 9.88 Å². The smallest absolute Gasteiger partial charge is 0.0661 e. The second kappa shape index (κ2) is 3.79. The second-order valence-corrected chi connectivity index (χ2v) is 4.92. The molecule has 2 nitrogen and oxygen atoms in total. The Morgan fingerprint density at radius 1 is 1.44 bits per heavy atom. The van der Waals surface area contributed by atoms with Crippen molar-refractivity contribution in [2.24, 2.45) is 7.05 Å². The van der Waals surface area contributed by atoms with Crippen LogP contribution in [0, 0.1) is 0 Å². The molecule has 1 aromatic heterocycles. The Balaban J connectivity index is 2.11. The van der Waals surface area contributed by atoms with E-state index in [0.717, 1.165) is 17.0 Å². The molecule has 2 heterocycles. The van der Waals surface area contributed by atoms with Crippen molar-refractivity contribution in [3.8, 4) is 0 Å². The molecule has 1 aliphatic rings. The highest BCUT2D eigenvalue weighted by molar-refractivity contribution is 6.35. The van der Waals surface area contributed by atoms with Crippen LogP contribution in [0.25, 0.3) is 10.9 Å². The highest BCUT2D eigenvalue weighted by atomic mass is 35.5. The van der Waals surface area contributed by atoms with Gasteiger partial charge in [0.05, 0.1) is 5.02 Å². The highest BCUT2D eigenvalue weighted by Gasteiger charge is 2.17. The molecular weight excluding hydrogens is 220 g/mol. The first kappa shape index (κ1) is 10.2. The Labute approximate surface area is 100 Å². The van der Waals surface area contributed by atoms with Gasteiger partial charge >= 0.3 is 0 Å². The van der Waals surface area contributed by atoms with E-state index in [0.29, 0.717) is 6.04 Å². The van der Waals surface area contributed by atoms with E-state index in [-0.39, 0.29) is 0 Å². The minimum absolute atomic E-state index is 0.515. The molecule has 1 N–H and O–H groups in total. The molecule has 1 aromatic carbocycles. The molecule has 2 aromatic rings. The number of nitrogens with zero attached hydrogens (tertiary/aromatic N) is 1. The molecule has 1 unspecified atom stereocenters. The summed E-state index contributed by atoms with van der Waals surface area (Å²) in [5.74, 6) is 0. The van der Waals surface area contributed by atoms with Crippen LogP contribution in [0.15, 0.2) is 24.4 Å². The maximum absolute atomic E-state index is 6.22. The van der Waals surface area contributed by atoms with E-state index in [9.17, 15) is 0 Å². The van der Waals surface area contributed by atoms with Crippen LogP contribution in [-0.4, -0.2) is 11.1 Å². The zero-order valence-corrected chi connectivity index (χ0v) is 10.1. The fourth-order valence-electron chi connectivity index (χ4n) is 2.55. The lowest BCUT2D eigenvalue weighted by Crippen LogP contribution is -2.12. The molecule has 84 valence electrons. The first-order valence-corrected chi connectivity index (χ1v) is 6.11. The van der Waals surface area contributed by atoms with Crippen molar-refractivity contribution in [3.05, 3.63) is 35.0 Å². The van der Waals surface area contributed by atoms with Crippen molar-refractivity contribution < 1.29 is 0 Å². The predicted octanol–water partition coefficient (Wildman–Crippen LogP) is 3.26. The van der Waals surface area contributed by atoms with Crippen LogP contribution in [0.1, 0.15) is 24.4 Å². The molecule has 0 bridgehead atoms. The third kappa shape index (κ3) is 1.53. The molecular formula is C13H15ClN2. The van der Waals surface area contributed by atoms with Crippen LogP contribution < -0.4 is 5.32 Å². The summed E-state index contributed by atoms with van der Waals surface area (Å²) in [6, 6.07) is 7.11. The van der Waals surface area contributed by atoms with Crippen molar-refractivity contribution in [1.29, 1.82) is 0 Å². The molecule has 1 saturated heterocycles. The van der Waals surface area contributed by atoms with E-state index in [1.54, 1.807) is 0 Å². The van der Waals surface area contributed by atoms with Gasteiger partial charge in [0.1, 0.15) is 0 Å². The Morgan fingerprint density at radius 2 is 2.31 bits per heavy atom. The van der Waals surface area contributed by atoms with Gasteiger partial charge in [0.15, 0.2) is 0 Å². The topological polar surface area (TPSA) is 17.0 Å². The monoisotopic (exact) mass is 234 g/mol. The van der Waals surface area contributed by atoms with Gasteiger partial charge in [-0.05, 0) is 37.1 Å². The summed E-state index contributed by atoms with van der Waals surface area (Å²) in [5, 5.41) is 5.52. The minimum Gasteiger partial charge on any atom is -0.349 e. The Hall–Kier alpha value is -0.990. The molecule has 16 heavy (non-hydrogen) atoms. The molecule has 1 aliphatic heterocycles. The van der Waals surface area contributed by atoms with Gasteiger partial charge in [-0.2, -0.15) is 0 Å². The molecule has 0 amide bonds. The number of aromatic nitrogens is 1. The third-order valence-electron chi connectivity index (χ3n) is 3.43. The maximum atomic E-state index is 6.22. The summed E-state index contributed by atoms with van der Waals surface area (Å²) in [4.78, 5) is 0. The lowest BCUT2D eigenvalue weighted by Gasteiger charge is -2.10. The predicted molar refractivity (Wildman–Crippen MR) is 67.9 cm³/mol. The van der Waals surface area contributed by atoms with E-state index in [1.165, 1.54) is 23.9 Å². The van der Waals surface area contributed by atoms with Gasteiger partial charge in [0.25, 0.3) is 0 Å². The number of hydrogen-bond acceptors (Lipinski definition) is 1. The van der Waals surface area contributed by atoms with Crippen LogP contribution in [0.2, 0.25) is 5.02 Å². The van der Waals surface area contributed by atoms with E-state index >= 15 is 0 Å².